The van der Waals surface area contributed by atoms with Crippen LogP contribution in [-0.2, 0) is 0 Å². The first-order valence-electron chi connectivity index (χ1n) is 5.41. The molecular weight excluding hydrogens is 214 g/mol. The van der Waals surface area contributed by atoms with Crippen LogP contribution in [0.1, 0.15) is 0 Å². The molecule has 0 bridgehead atoms. The fraction of sp³-hybridized carbons (Fsp3) is 0.143. The molecule has 0 aliphatic carbocycles. The van der Waals surface area contributed by atoms with Crippen molar-refractivity contribution >= 4 is 5.69 Å². The van der Waals surface area contributed by atoms with Crippen molar-refractivity contribution in [2.75, 3.05) is 19.5 Å². The number of nitrogens with one attached hydrogen (secondary N) is 1. The molecule has 2 aromatic rings. The number of anilines is 1. The summed E-state index contributed by atoms with van der Waals surface area (Å²) in [5.74, 6) is 2.42. The fourth-order valence-electron chi connectivity index (χ4n) is 1.49. The van der Waals surface area contributed by atoms with Crippen LogP contribution in [0.15, 0.2) is 48.5 Å². The molecule has 2 aromatic carbocycles. The van der Waals surface area contributed by atoms with E-state index in [1.807, 2.05) is 55.6 Å². The van der Waals surface area contributed by atoms with Crippen LogP contribution in [0.5, 0.6) is 17.2 Å². The molecular formula is C14H15NO2. The molecule has 3 heteroatoms. The molecule has 2 rings (SSSR count). The van der Waals surface area contributed by atoms with Gasteiger partial charge in [-0.2, -0.15) is 0 Å². The van der Waals surface area contributed by atoms with Gasteiger partial charge in [-0.15, -0.1) is 0 Å². The van der Waals surface area contributed by atoms with Gasteiger partial charge in [-0.3, -0.25) is 0 Å². The Morgan fingerprint density at radius 3 is 2.24 bits per heavy atom. The third-order valence-corrected chi connectivity index (χ3v) is 2.42. The van der Waals surface area contributed by atoms with Crippen LogP contribution in [0.25, 0.3) is 0 Å². The van der Waals surface area contributed by atoms with Crippen molar-refractivity contribution in [1.29, 1.82) is 0 Å². The average Bonchev–Trinajstić information content (AvgIpc) is 2.40. The van der Waals surface area contributed by atoms with Gasteiger partial charge < -0.3 is 14.8 Å². The normalized spacial score (nSPS) is 9.76. The highest BCUT2D eigenvalue weighted by atomic mass is 16.5. The van der Waals surface area contributed by atoms with Crippen molar-refractivity contribution in [3.05, 3.63) is 48.5 Å². The molecule has 0 radical (unpaired) electrons. The van der Waals surface area contributed by atoms with Crippen LogP contribution in [0.3, 0.4) is 0 Å². The van der Waals surface area contributed by atoms with Gasteiger partial charge in [0.2, 0.25) is 0 Å². The Balaban J connectivity index is 2.13. The van der Waals surface area contributed by atoms with Gasteiger partial charge in [0.25, 0.3) is 0 Å². The number of hydrogen-bond donors (Lipinski definition) is 1. The summed E-state index contributed by atoms with van der Waals surface area (Å²) in [6.45, 7) is 0. The molecule has 0 saturated carbocycles. The first-order valence-corrected chi connectivity index (χ1v) is 5.41. The Labute approximate surface area is 101 Å². The van der Waals surface area contributed by atoms with Crippen molar-refractivity contribution in [2.45, 2.75) is 0 Å². The van der Waals surface area contributed by atoms with Crippen LogP contribution in [0.2, 0.25) is 0 Å². The zero-order valence-electron chi connectivity index (χ0n) is 9.94. The van der Waals surface area contributed by atoms with Crippen molar-refractivity contribution < 1.29 is 9.47 Å². The van der Waals surface area contributed by atoms with E-state index in [2.05, 4.69) is 5.32 Å². The second kappa shape index (κ2) is 5.25. The fourth-order valence-corrected chi connectivity index (χ4v) is 1.49. The largest absolute Gasteiger partial charge is 0.497 e. The maximum absolute atomic E-state index is 5.72. The van der Waals surface area contributed by atoms with E-state index in [9.17, 15) is 0 Å². The number of ether oxygens (including phenoxy) is 2. The van der Waals surface area contributed by atoms with Crippen molar-refractivity contribution in [2.24, 2.45) is 0 Å². The zero-order chi connectivity index (χ0) is 12.1. The van der Waals surface area contributed by atoms with Gasteiger partial charge >= 0.3 is 0 Å². The topological polar surface area (TPSA) is 30.5 Å². The third kappa shape index (κ3) is 2.91. The molecule has 3 nitrogen and oxygen atoms in total. The molecule has 0 amide bonds. The summed E-state index contributed by atoms with van der Waals surface area (Å²) in [4.78, 5) is 0. The Morgan fingerprint density at radius 2 is 1.59 bits per heavy atom. The van der Waals surface area contributed by atoms with Crippen molar-refractivity contribution in [1.82, 2.24) is 0 Å². The third-order valence-electron chi connectivity index (χ3n) is 2.42. The van der Waals surface area contributed by atoms with Crippen LogP contribution in [0.4, 0.5) is 5.69 Å². The van der Waals surface area contributed by atoms with Gasteiger partial charge in [0, 0.05) is 18.8 Å². The SMILES string of the molecule is CNc1cccc(Oc2ccc(OC)cc2)c1. The predicted molar refractivity (Wildman–Crippen MR) is 69.1 cm³/mol. The standard InChI is InChI=1S/C14H15NO2/c1-15-11-4-3-5-14(10-11)17-13-8-6-12(16-2)7-9-13/h3-10,15H,1-2H3. The van der Waals surface area contributed by atoms with Gasteiger partial charge in [0.05, 0.1) is 7.11 Å². The molecule has 0 unspecified atom stereocenters. The maximum atomic E-state index is 5.72. The van der Waals surface area contributed by atoms with Gasteiger partial charge in [-0.1, -0.05) is 6.07 Å². The highest BCUT2D eigenvalue weighted by Crippen LogP contribution is 2.25. The van der Waals surface area contributed by atoms with Gasteiger partial charge in [0.15, 0.2) is 0 Å². The first kappa shape index (κ1) is 11.3. The van der Waals surface area contributed by atoms with Crippen molar-refractivity contribution in [3.63, 3.8) is 0 Å². The van der Waals surface area contributed by atoms with E-state index >= 15 is 0 Å². The zero-order valence-corrected chi connectivity index (χ0v) is 9.94. The van der Waals surface area contributed by atoms with Crippen LogP contribution < -0.4 is 14.8 Å². The maximum Gasteiger partial charge on any atom is 0.129 e. The average molecular weight is 229 g/mol. The van der Waals surface area contributed by atoms with E-state index < -0.39 is 0 Å². The van der Waals surface area contributed by atoms with Crippen LogP contribution in [-0.4, -0.2) is 14.2 Å². The molecule has 0 fully saturated rings. The van der Waals surface area contributed by atoms with E-state index in [-0.39, 0.29) is 0 Å². The molecule has 0 spiro atoms. The lowest BCUT2D eigenvalue weighted by Gasteiger charge is -2.08. The van der Waals surface area contributed by atoms with Gasteiger partial charge in [-0.25, -0.2) is 0 Å². The predicted octanol–water partition coefficient (Wildman–Crippen LogP) is 3.53. The number of benzene rings is 2. The number of methoxy groups -OCH3 is 1. The van der Waals surface area contributed by atoms with Gasteiger partial charge in [0.1, 0.15) is 17.2 Å². The van der Waals surface area contributed by atoms with Gasteiger partial charge in [-0.05, 0) is 36.4 Å². The Kier molecular flexibility index (Phi) is 3.50. The lowest BCUT2D eigenvalue weighted by molar-refractivity contribution is 0.413. The summed E-state index contributed by atoms with van der Waals surface area (Å²) in [5, 5.41) is 3.07. The molecule has 0 aliphatic heterocycles. The van der Waals surface area contributed by atoms with Crippen LogP contribution in [0, 0.1) is 0 Å². The second-order valence-electron chi connectivity index (χ2n) is 3.56. The molecule has 17 heavy (non-hydrogen) atoms. The summed E-state index contributed by atoms with van der Waals surface area (Å²) in [6.07, 6.45) is 0. The van der Waals surface area contributed by atoms with E-state index in [0.29, 0.717) is 0 Å². The molecule has 1 N–H and O–H groups in total. The lowest BCUT2D eigenvalue weighted by Crippen LogP contribution is -1.89. The minimum absolute atomic E-state index is 0.791. The summed E-state index contributed by atoms with van der Waals surface area (Å²) in [7, 11) is 3.53. The van der Waals surface area contributed by atoms with E-state index in [1.54, 1.807) is 7.11 Å². The smallest absolute Gasteiger partial charge is 0.129 e. The lowest BCUT2D eigenvalue weighted by atomic mass is 10.3. The number of rotatable bonds is 4. The summed E-state index contributed by atoms with van der Waals surface area (Å²) in [5.41, 5.74) is 1.02. The minimum Gasteiger partial charge on any atom is -0.497 e. The summed E-state index contributed by atoms with van der Waals surface area (Å²) < 4.78 is 10.8. The summed E-state index contributed by atoms with van der Waals surface area (Å²) in [6, 6.07) is 15.3. The Hall–Kier alpha value is -2.16. The van der Waals surface area contributed by atoms with E-state index in [0.717, 1.165) is 22.9 Å². The molecule has 0 aliphatic rings. The highest BCUT2D eigenvalue weighted by Gasteiger charge is 1.98. The molecule has 0 atom stereocenters. The van der Waals surface area contributed by atoms with Crippen LogP contribution >= 0.6 is 0 Å². The Morgan fingerprint density at radius 1 is 0.882 bits per heavy atom. The second-order valence-corrected chi connectivity index (χ2v) is 3.56. The molecule has 0 heterocycles. The molecule has 88 valence electrons. The molecule has 0 aromatic heterocycles. The minimum atomic E-state index is 0.791. The summed E-state index contributed by atoms with van der Waals surface area (Å²) >= 11 is 0. The monoisotopic (exact) mass is 229 g/mol. The quantitative estimate of drug-likeness (QED) is 0.870. The number of hydrogen-bond acceptors (Lipinski definition) is 3. The Bertz CT molecular complexity index is 480. The van der Waals surface area contributed by atoms with Crippen molar-refractivity contribution in [3.8, 4) is 17.2 Å². The van der Waals surface area contributed by atoms with E-state index in [1.165, 1.54) is 0 Å². The molecule has 0 saturated heterocycles. The highest BCUT2D eigenvalue weighted by molar-refractivity contribution is 5.48. The first-order chi connectivity index (χ1) is 8.31. The van der Waals surface area contributed by atoms with E-state index in [4.69, 9.17) is 9.47 Å².